The smallest absolute Gasteiger partial charge is 0.143 e. The minimum atomic E-state index is -0.589. The number of tetrazole rings is 1. The molecule has 1 aromatic heterocycles. The van der Waals surface area contributed by atoms with Gasteiger partial charge in [-0.15, -0.1) is 5.10 Å². The standard InChI is InChI=1S/C20H25N5O2/c1-14-8-15(2)10-20(9-14)27-12-19(26)11-21-16(3)17-4-6-18(7-5-17)25-13-22-23-24-25/h4-10,13,16,19,21,26H,11-12H2,1-3H3. The number of aliphatic hydroxyl groups is 1. The van der Waals surface area contributed by atoms with Crippen LogP contribution in [0.1, 0.15) is 29.7 Å². The van der Waals surface area contributed by atoms with E-state index >= 15 is 0 Å². The maximum Gasteiger partial charge on any atom is 0.143 e. The minimum Gasteiger partial charge on any atom is -0.491 e. The predicted octanol–water partition coefficient (Wildman–Crippen LogP) is 2.37. The molecule has 2 atom stereocenters. The van der Waals surface area contributed by atoms with Crippen molar-refractivity contribution >= 4 is 0 Å². The molecule has 3 rings (SSSR count). The van der Waals surface area contributed by atoms with Crippen LogP contribution in [0, 0.1) is 13.8 Å². The van der Waals surface area contributed by atoms with Crippen molar-refractivity contribution in [1.82, 2.24) is 25.5 Å². The van der Waals surface area contributed by atoms with E-state index in [0.29, 0.717) is 6.54 Å². The van der Waals surface area contributed by atoms with Gasteiger partial charge in [0.1, 0.15) is 24.8 Å². The molecule has 0 saturated carbocycles. The zero-order valence-electron chi connectivity index (χ0n) is 15.8. The molecule has 2 unspecified atom stereocenters. The number of rotatable bonds is 8. The molecule has 1 heterocycles. The molecule has 0 amide bonds. The number of ether oxygens (including phenoxy) is 1. The molecule has 0 aliphatic heterocycles. The Kier molecular flexibility index (Phi) is 6.16. The molecule has 3 aromatic rings. The maximum atomic E-state index is 10.2. The molecule has 0 radical (unpaired) electrons. The first kappa shape index (κ1) is 19.0. The third-order valence-electron chi connectivity index (χ3n) is 4.30. The molecule has 2 N–H and O–H groups in total. The van der Waals surface area contributed by atoms with E-state index in [-0.39, 0.29) is 12.6 Å². The number of hydrogen-bond donors (Lipinski definition) is 2. The zero-order chi connectivity index (χ0) is 19.2. The monoisotopic (exact) mass is 367 g/mol. The van der Waals surface area contributed by atoms with Crippen molar-refractivity contribution in [3.8, 4) is 11.4 Å². The summed E-state index contributed by atoms with van der Waals surface area (Å²) < 4.78 is 7.32. The molecule has 0 aliphatic carbocycles. The largest absolute Gasteiger partial charge is 0.491 e. The normalized spacial score (nSPS) is 13.3. The second-order valence-electron chi connectivity index (χ2n) is 6.76. The van der Waals surface area contributed by atoms with Crippen LogP contribution in [-0.4, -0.2) is 44.6 Å². The lowest BCUT2D eigenvalue weighted by Crippen LogP contribution is -2.33. The van der Waals surface area contributed by atoms with Gasteiger partial charge in [0.2, 0.25) is 0 Å². The Morgan fingerprint density at radius 2 is 1.81 bits per heavy atom. The average molecular weight is 367 g/mol. The average Bonchev–Trinajstić information content (AvgIpc) is 3.18. The van der Waals surface area contributed by atoms with Gasteiger partial charge in [-0.3, -0.25) is 0 Å². The third kappa shape index (κ3) is 5.35. The van der Waals surface area contributed by atoms with Gasteiger partial charge in [0.25, 0.3) is 0 Å². The fourth-order valence-electron chi connectivity index (χ4n) is 2.89. The van der Waals surface area contributed by atoms with Crippen LogP contribution in [0.2, 0.25) is 0 Å². The Bertz CT molecular complexity index is 829. The Balaban J connectivity index is 1.47. The first-order valence-corrected chi connectivity index (χ1v) is 8.97. The van der Waals surface area contributed by atoms with Crippen molar-refractivity contribution in [3.63, 3.8) is 0 Å². The van der Waals surface area contributed by atoms with Crippen LogP contribution < -0.4 is 10.1 Å². The highest BCUT2D eigenvalue weighted by molar-refractivity contribution is 5.34. The summed E-state index contributed by atoms with van der Waals surface area (Å²) >= 11 is 0. The van der Waals surface area contributed by atoms with Crippen molar-refractivity contribution in [3.05, 3.63) is 65.5 Å². The second kappa shape index (κ2) is 8.75. The van der Waals surface area contributed by atoms with E-state index in [2.05, 4.69) is 33.8 Å². The van der Waals surface area contributed by atoms with Gasteiger partial charge >= 0.3 is 0 Å². The number of aliphatic hydroxyl groups excluding tert-OH is 1. The fraction of sp³-hybridized carbons (Fsp3) is 0.350. The van der Waals surface area contributed by atoms with Gasteiger partial charge in [-0.05, 0) is 72.2 Å². The number of benzene rings is 2. The molecule has 0 aliphatic rings. The number of nitrogens with zero attached hydrogens (tertiary/aromatic N) is 4. The number of hydrogen-bond acceptors (Lipinski definition) is 6. The van der Waals surface area contributed by atoms with Gasteiger partial charge in [-0.2, -0.15) is 0 Å². The summed E-state index contributed by atoms with van der Waals surface area (Å²) in [5.74, 6) is 0.790. The molecule has 2 aromatic carbocycles. The van der Waals surface area contributed by atoms with Crippen LogP contribution >= 0.6 is 0 Å². The Morgan fingerprint density at radius 3 is 2.44 bits per heavy atom. The molecule has 0 spiro atoms. The maximum absolute atomic E-state index is 10.2. The zero-order valence-corrected chi connectivity index (χ0v) is 15.8. The minimum absolute atomic E-state index is 0.101. The summed E-state index contributed by atoms with van der Waals surface area (Å²) in [6.45, 7) is 6.82. The fourth-order valence-corrected chi connectivity index (χ4v) is 2.89. The molecule has 142 valence electrons. The third-order valence-corrected chi connectivity index (χ3v) is 4.30. The van der Waals surface area contributed by atoms with E-state index in [4.69, 9.17) is 4.74 Å². The van der Waals surface area contributed by atoms with Gasteiger partial charge in [0.15, 0.2) is 0 Å². The number of aryl methyl sites for hydroxylation is 2. The van der Waals surface area contributed by atoms with Crippen LogP contribution in [0.5, 0.6) is 5.75 Å². The summed E-state index contributed by atoms with van der Waals surface area (Å²) in [6, 6.07) is 14.1. The molecule has 7 nitrogen and oxygen atoms in total. The highest BCUT2D eigenvalue weighted by Crippen LogP contribution is 2.17. The predicted molar refractivity (Wildman–Crippen MR) is 103 cm³/mol. The summed E-state index contributed by atoms with van der Waals surface area (Å²) in [4.78, 5) is 0. The summed E-state index contributed by atoms with van der Waals surface area (Å²) in [7, 11) is 0. The van der Waals surface area contributed by atoms with Crippen LogP contribution in [0.15, 0.2) is 48.8 Å². The van der Waals surface area contributed by atoms with E-state index in [1.165, 1.54) is 0 Å². The summed E-state index contributed by atoms with van der Waals surface area (Å²) in [5.41, 5.74) is 4.32. The first-order valence-electron chi connectivity index (χ1n) is 8.97. The van der Waals surface area contributed by atoms with Crippen molar-refractivity contribution in [2.24, 2.45) is 0 Å². The molecule has 27 heavy (non-hydrogen) atoms. The van der Waals surface area contributed by atoms with Gasteiger partial charge in [-0.25, -0.2) is 4.68 Å². The lowest BCUT2D eigenvalue weighted by atomic mass is 10.1. The summed E-state index contributed by atoms with van der Waals surface area (Å²) in [6.07, 6.45) is 0.969. The highest BCUT2D eigenvalue weighted by atomic mass is 16.5. The van der Waals surface area contributed by atoms with Crippen LogP contribution in [0.4, 0.5) is 0 Å². The quantitative estimate of drug-likeness (QED) is 0.636. The van der Waals surface area contributed by atoms with Crippen LogP contribution in [-0.2, 0) is 0 Å². The lowest BCUT2D eigenvalue weighted by Gasteiger charge is -2.18. The number of aromatic nitrogens is 4. The van der Waals surface area contributed by atoms with E-state index in [1.807, 2.05) is 50.2 Å². The van der Waals surface area contributed by atoms with Crippen molar-refractivity contribution < 1.29 is 9.84 Å². The Labute approximate surface area is 159 Å². The highest BCUT2D eigenvalue weighted by Gasteiger charge is 2.10. The number of nitrogens with one attached hydrogen (secondary N) is 1. The van der Waals surface area contributed by atoms with E-state index < -0.39 is 6.10 Å². The van der Waals surface area contributed by atoms with E-state index in [0.717, 1.165) is 28.1 Å². The molecule has 0 bridgehead atoms. The summed E-state index contributed by atoms with van der Waals surface area (Å²) in [5, 5.41) is 24.7. The van der Waals surface area contributed by atoms with Gasteiger partial charge in [-0.1, -0.05) is 18.2 Å². The van der Waals surface area contributed by atoms with Gasteiger partial charge in [0, 0.05) is 12.6 Å². The van der Waals surface area contributed by atoms with Gasteiger partial charge in [0.05, 0.1) is 5.69 Å². The van der Waals surface area contributed by atoms with Crippen molar-refractivity contribution in [2.45, 2.75) is 32.9 Å². The lowest BCUT2D eigenvalue weighted by molar-refractivity contribution is 0.104. The molecule has 0 saturated heterocycles. The van der Waals surface area contributed by atoms with Crippen molar-refractivity contribution in [2.75, 3.05) is 13.2 Å². The SMILES string of the molecule is Cc1cc(C)cc(OCC(O)CNC(C)c2ccc(-n3cnnn3)cc2)c1. The van der Waals surface area contributed by atoms with Crippen LogP contribution in [0.25, 0.3) is 5.69 Å². The Hall–Kier alpha value is -2.77. The van der Waals surface area contributed by atoms with Gasteiger partial charge < -0.3 is 15.2 Å². The Morgan fingerprint density at radius 1 is 1.11 bits per heavy atom. The van der Waals surface area contributed by atoms with Crippen LogP contribution in [0.3, 0.4) is 0 Å². The molecular weight excluding hydrogens is 342 g/mol. The van der Waals surface area contributed by atoms with E-state index in [9.17, 15) is 5.11 Å². The molecule has 0 fully saturated rings. The van der Waals surface area contributed by atoms with Crippen molar-refractivity contribution in [1.29, 1.82) is 0 Å². The van der Waals surface area contributed by atoms with E-state index in [1.54, 1.807) is 11.0 Å². The topological polar surface area (TPSA) is 85.1 Å². The molecule has 7 heteroatoms. The molecular formula is C20H25N5O2. The first-order chi connectivity index (χ1) is 13.0. The second-order valence-corrected chi connectivity index (χ2v) is 6.76.